The van der Waals surface area contributed by atoms with Gasteiger partial charge in [0.2, 0.25) is 0 Å². The zero-order chi connectivity index (χ0) is 21.3. The van der Waals surface area contributed by atoms with Crippen molar-refractivity contribution in [1.82, 2.24) is 20.1 Å². The van der Waals surface area contributed by atoms with Crippen LogP contribution >= 0.6 is 11.6 Å². The molecule has 0 amide bonds. The number of aryl methyl sites for hydroxylation is 2. The zero-order valence-corrected chi connectivity index (χ0v) is 18.4. The molecule has 3 aromatic rings. The van der Waals surface area contributed by atoms with Crippen molar-refractivity contribution in [2.24, 2.45) is 0 Å². The number of ether oxygens (including phenoxy) is 1. The number of pyridine rings is 1. The minimum absolute atomic E-state index is 0.255. The van der Waals surface area contributed by atoms with E-state index in [0.29, 0.717) is 17.6 Å². The lowest BCUT2D eigenvalue weighted by molar-refractivity contribution is 0.227. The summed E-state index contributed by atoms with van der Waals surface area (Å²) < 4.78 is 8.29. The first-order chi connectivity index (χ1) is 14.4. The summed E-state index contributed by atoms with van der Waals surface area (Å²) in [5, 5.41) is 8.70. The lowest BCUT2D eigenvalue weighted by atomic mass is 10.0. The van der Waals surface area contributed by atoms with Gasteiger partial charge in [0.05, 0.1) is 17.3 Å². The second-order valence-electron chi connectivity index (χ2n) is 7.98. The predicted octanol–water partition coefficient (Wildman–Crippen LogP) is 4.86. The number of hydrogen-bond donors (Lipinski definition) is 2. The van der Waals surface area contributed by atoms with Crippen LogP contribution in [0.25, 0.3) is 11.1 Å². The first-order valence-electron chi connectivity index (χ1n) is 10.4. The van der Waals surface area contributed by atoms with Crippen LogP contribution in [0, 0.1) is 13.8 Å². The molecule has 0 aliphatic carbocycles. The van der Waals surface area contributed by atoms with E-state index in [1.54, 1.807) is 6.20 Å². The summed E-state index contributed by atoms with van der Waals surface area (Å²) in [7, 11) is 0. The molecule has 158 valence electrons. The molecular weight excluding hydrogens is 398 g/mol. The molecular formula is C23H28ClN5O. The van der Waals surface area contributed by atoms with Crippen molar-refractivity contribution in [3.05, 3.63) is 58.5 Å². The highest BCUT2D eigenvalue weighted by Crippen LogP contribution is 2.35. The van der Waals surface area contributed by atoms with Crippen LogP contribution in [0.3, 0.4) is 0 Å². The number of hydrogen-bond acceptors (Lipinski definition) is 5. The molecule has 3 N–H and O–H groups in total. The minimum atomic E-state index is -0.255. The van der Waals surface area contributed by atoms with E-state index in [1.807, 2.05) is 39.1 Å². The predicted molar refractivity (Wildman–Crippen MR) is 121 cm³/mol. The van der Waals surface area contributed by atoms with E-state index in [9.17, 15) is 0 Å². The molecule has 1 aliphatic heterocycles. The van der Waals surface area contributed by atoms with Crippen LogP contribution < -0.4 is 15.8 Å². The van der Waals surface area contributed by atoms with Gasteiger partial charge in [-0.15, -0.1) is 0 Å². The summed E-state index contributed by atoms with van der Waals surface area (Å²) in [6, 6.07) is 6.44. The zero-order valence-electron chi connectivity index (χ0n) is 17.7. The van der Waals surface area contributed by atoms with Gasteiger partial charge in [-0.25, -0.2) is 4.98 Å². The van der Waals surface area contributed by atoms with Crippen molar-refractivity contribution in [3.8, 4) is 16.9 Å². The quantitative estimate of drug-likeness (QED) is 0.610. The number of aromatic nitrogens is 3. The Morgan fingerprint density at radius 2 is 1.90 bits per heavy atom. The Bertz CT molecular complexity index is 1040. The Morgan fingerprint density at radius 3 is 2.67 bits per heavy atom. The van der Waals surface area contributed by atoms with Crippen LogP contribution in [0.4, 0.5) is 5.82 Å². The fraction of sp³-hybridized carbons (Fsp3) is 0.391. The summed E-state index contributed by atoms with van der Waals surface area (Å²) in [5.41, 5.74) is 11.1. The summed E-state index contributed by atoms with van der Waals surface area (Å²) in [5.74, 6) is 0.907. The van der Waals surface area contributed by atoms with Gasteiger partial charge in [-0.3, -0.25) is 4.68 Å². The van der Waals surface area contributed by atoms with Crippen molar-refractivity contribution in [1.29, 1.82) is 0 Å². The normalized spacial score (nSPS) is 15.9. The molecule has 0 unspecified atom stereocenters. The van der Waals surface area contributed by atoms with E-state index in [1.165, 1.54) is 0 Å². The molecule has 7 heteroatoms. The van der Waals surface area contributed by atoms with Crippen molar-refractivity contribution < 1.29 is 4.74 Å². The van der Waals surface area contributed by atoms with Crippen LogP contribution in [0.15, 0.2) is 36.8 Å². The van der Waals surface area contributed by atoms with Crippen molar-refractivity contribution in [2.75, 3.05) is 18.8 Å². The topological polar surface area (TPSA) is 78.0 Å². The monoisotopic (exact) mass is 425 g/mol. The third-order valence-electron chi connectivity index (χ3n) is 5.80. The molecule has 1 atom stereocenters. The van der Waals surface area contributed by atoms with E-state index in [2.05, 4.69) is 32.3 Å². The molecule has 2 aromatic heterocycles. The molecule has 3 heterocycles. The number of nitrogen functional groups attached to an aromatic ring is 1. The smallest absolute Gasteiger partial charge is 0.166 e. The Balaban J connectivity index is 1.58. The molecule has 4 rings (SSSR count). The first-order valence-corrected chi connectivity index (χ1v) is 10.7. The van der Waals surface area contributed by atoms with Gasteiger partial charge in [-0.1, -0.05) is 23.7 Å². The molecule has 0 bridgehead atoms. The summed E-state index contributed by atoms with van der Waals surface area (Å²) in [4.78, 5) is 4.36. The Hall–Kier alpha value is -2.57. The third kappa shape index (κ3) is 4.16. The van der Waals surface area contributed by atoms with Gasteiger partial charge in [0.15, 0.2) is 11.6 Å². The Morgan fingerprint density at radius 1 is 1.17 bits per heavy atom. The molecule has 1 aliphatic rings. The number of anilines is 1. The first kappa shape index (κ1) is 20.7. The average Bonchev–Trinajstić information content (AvgIpc) is 3.24. The van der Waals surface area contributed by atoms with Gasteiger partial charge in [-0.05, 0) is 63.9 Å². The number of benzene rings is 1. The van der Waals surface area contributed by atoms with E-state index in [-0.39, 0.29) is 6.10 Å². The second kappa shape index (κ2) is 8.66. The molecule has 0 radical (unpaired) electrons. The van der Waals surface area contributed by atoms with Gasteiger partial charge < -0.3 is 15.8 Å². The molecule has 1 fully saturated rings. The highest BCUT2D eigenvalue weighted by atomic mass is 35.5. The number of halogens is 1. The molecule has 0 spiro atoms. The molecule has 0 saturated carbocycles. The SMILES string of the molecule is Cc1ccc(C)c([C@@H](C)Oc2cc(-c3cnn(C4CCNCC4)c3)cnc2N)c1Cl. The molecule has 30 heavy (non-hydrogen) atoms. The summed E-state index contributed by atoms with van der Waals surface area (Å²) in [6.45, 7) is 8.07. The Kier molecular flexibility index (Phi) is 5.97. The average molecular weight is 426 g/mol. The van der Waals surface area contributed by atoms with Gasteiger partial charge in [0.25, 0.3) is 0 Å². The third-order valence-corrected chi connectivity index (χ3v) is 6.30. The van der Waals surface area contributed by atoms with Crippen LogP contribution in [0.2, 0.25) is 5.02 Å². The standard InChI is InChI=1S/C23H28ClN5O/c1-14-4-5-15(2)22(24)21(14)16(3)30-20-10-17(11-27-23(20)25)18-12-28-29(13-18)19-6-8-26-9-7-19/h4-5,10-13,16,19,26H,6-9H2,1-3H3,(H2,25,27)/t16-/m1/s1. The molecule has 6 nitrogen and oxygen atoms in total. The minimum Gasteiger partial charge on any atom is -0.482 e. The van der Waals surface area contributed by atoms with Crippen molar-refractivity contribution in [2.45, 2.75) is 45.8 Å². The van der Waals surface area contributed by atoms with Crippen molar-refractivity contribution >= 4 is 17.4 Å². The lowest BCUT2D eigenvalue weighted by Crippen LogP contribution is -2.29. The fourth-order valence-electron chi connectivity index (χ4n) is 4.01. The van der Waals surface area contributed by atoms with E-state index in [4.69, 9.17) is 22.1 Å². The number of nitrogens with two attached hydrogens (primary N) is 1. The van der Waals surface area contributed by atoms with Gasteiger partial charge >= 0.3 is 0 Å². The summed E-state index contributed by atoms with van der Waals surface area (Å²) in [6.07, 6.45) is 7.64. The maximum atomic E-state index is 6.56. The van der Waals surface area contributed by atoms with Crippen LogP contribution in [-0.2, 0) is 0 Å². The van der Waals surface area contributed by atoms with Gasteiger partial charge in [0, 0.05) is 29.1 Å². The van der Waals surface area contributed by atoms with Crippen LogP contribution in [-0.4, -0.2) is 27.9 Å². The fourth-order valence-corrected chi connectivity index (χ4v) is 4.38. The largest absolute Gasteiger partial charge is 0.482 e. The lowest BCUT2D eigenvalue weighted by Gasteiger charge is -2.22. The maximum Gasteiger partial charge on any atom is 0.166 e. The van der Waals surface area contributed by atoms with Crippen LogP contribution in [0.1, 0.15) is 48.6 Å². The number of nitrogens with one attached hydrogen (secondary N) is 1. The Labute approximate surface area is 182 Å². The van der Waals surface area contributed by atoms with Crippen molar-refractivity contribution in [3.63, 3.8) is 0 Å². The van der Waals surface area contributed by atoms with E-state index < -0.39 is 0 Å². The van der Waals surface area contributed by atoms with Gasteiger partial charge in [0.1, 0.15) is 6.10 Å². The summed E-state index contributed by atoms with van der Waals surface area (Å²) >= 11 is 6.56. The highest BCUT2D eigenvalue weighted by molar-refractivity contribution is 6.32. The van der Waals surface area contributed by atoms with E-state index in [0.717, 1.165) is 58.8 Å². The molecule has 1 saturated heterocycles. The van der Waals surface area contributed by atoms with E-state index >= 15 is 0 Å². The maximum absolute atomic E-state index is 6.56. The number of rotatable bonds is 5. The molecule has 1 aromatic carbocycles. The highest BCUT2D eigenvalue weighted by Gasteiger charge is 2.19. The van der Waals surface area contributed by atoms with Gasteiger partial charge in [-0.2, -0.15) is 5.10 Å². The number of nitrogens with zero attached hydrogens (tertiary/aromatic N) is 3. The second-order valence-corrected chi connectivity index (χ2v) is 8.36. The van der Waals surface area contributed by atoms with Crippen LogP contribution in [0.5, 0.6) is 5.75 Å². The number of piperidine rings is 1.